The fraction of sp³-hybridized carbons (Fsp3) is 0.517. The minimum absolute atomic E-state index is 0.113. The van der Waals surface area contributed by atoms with E-state index in [0.29, 0.717) is 38.0 Å². The van der Waals surface area contributed by atoms with E-state index >= 15 is 0 Å². The molecule has 0 saturated carbocycles. The van der Waals surface area contributed by atoms with Crippen molar-refractivity contribution in [1.29, 1.82) is 0 Å². The molecule has 2 aromatic carbocycles. The first-order valence-electron chi connectivity index (χ1n) is 13.3. The Morgan fingerprint density at radius 3 is 2.73 bits per heavy atom. The van der Waals surface area contributed by atoms with E-state index in [2.05, 4.69) is 15.7 Å². The first-order chi connectivity index (χ1) is 18.0. The van der Waals surface area contributed by atoms with Gasteiger partial charge in [-0.3, -0.25) is 9.59 Å². The Balaban J connectivity index is 1.48. The lowest BCUT2D eigenvalue weighted by Gasteiger charge is -2.22. The zero-order valence-electron chi connectivity index (χ0n) is 22.2. The number of hydrogen-bond acceptors (Lipinski definition) is 6. The highest BCUT2D eigenvalue weighted by Gasteiger charge is 2.15. The van der Waals surface area contributed by atoms with Gasteiger partial charge in [0.2, 0.25) is 11.8 Å². The molecule has 3 rings (SSSR count). The topological polar surface area (TPSA) is 89.1 Å². The van der Waals surface area contributed by atoms with E-state index in [4.69, 9.17) is 14.3 Å². The molecule has 1 unspecified atom stereocenters. The van der Waals surface area contributed by atoms with E-state index in [1.54, 1.807) is 0 Å². The Labute approximate surface area is 220 Å². The lowest BCUT2D eigenvalue weighted by atomic mass is 10.1. The average Bonchev–Trinajstić information content (AvgIpc) is 2.91. The Bertz CT molecular complexity index is 1010. The highest BCUT2D eigenvalue weighted by molar-refractivity contribution is 5.94. The third-order valence-corrected chi connectivity index (χ3v) is 6.18. The largest absolute Gasteiger partial charge is 0.488 e. The number of nitrogens with one attached hydrogen (secondary N) is 2. The molecule has 2 N–H and O–H groups in total. The fourth-order valence-electron chi connectivity index (χ4n) is 4.10. The third-order valence-electron chi connectivity index (χ3n) is 6.18. The first-order valence-corrected chi connectivity index (χ1v) is 13.3. The van der Waals surface area contributed by atoms with Crippen molar-refractivity contribution in [1.82, 2.24) is 15.7 Å². The molecule has 2 amide bonds. The van der Waals surface area contributed by atoms with Crippen LogP contribution in [0.3, 0.4) is 0 Å². The monoisotopic (exact) mass is 511 g/mol. The van der Waals surface area contributed by atoms with Gasteiger partial charge in [0.1, 0.15) is 12.4 Å². The van der Waals surface area contributed by atoms with Crippen LogP contribution in [0.5, 0.6) is 5.75 Å². The predicted molar refractivity (Wildman–Crippen MR) is 145 cm³/mol. The van der Waals surface area contributed by atoms with Crippen LogP contribution < -0.4 is 15.5 Å². The van der Waals surface area contributed by atoms with Crippen molar-refractivity contribution in [3.8, 4) is 5.75 Å². The number of hydrogen-bond donors (Lipinski definition) is 2. The molecule has 0 spiro atoms. The first kappa shape index (κ1) is 28.6. The highest BCUT2D eigenvalue weighted by Crippen LogP contribution is 2.25. The molecule has 1 fully saturated rings. The Kier molecular flexibility index (Phi) is 12.4. The van der Waals surface area contributed by atoms with E-state index in [-0.39, 0.29) is 24.7 Å². The van der Waals surface area contributed by atoms with Gasteiger partial charge in [-0.25, -0.2) is 10.3 Å². The highest BCUT2D eigenvalue weighted by atomic mass is 16.8. The molecular formula is C29H41N3O5. The molecular weight excluding hydrogens is 470 g/mol. The summed E-state index contributed by atoms with van der Waals surface area (Å²) in [7, 11) is 4.03. The summed E-state index contributed by atoms with van der Waals surface area (Å²) in [6.45, 7) is 2.36. The molecule has 0 radical (unpaired) electrons. The van der Waals surface area contributed by atoms with Crippen LogP contribution in [0.1, 0.15) is 51.4 Å². The molecule has 37 heavy (non-hydrogen) atoms. The number of allylic oxidation sites excluding steroid dienone is 1. The van der Waals surface area contributed by atoms with Crippen LogP contribution in [0, 0.1) is 0 Å². The number of hydroxylamine groups is 1. The average molecular weight is 512 g/mol. The van der Waals surface area contributed by atoms with Gasteiger partial charge >= 0.3 is 0 Å². The lowest BCUT2D eigenvalue weighted by Crippen LogP contribution is -2.32. The fourth-order valence-corrected chi connectivity index (χ4v) is 4.10. The molecule has 1 aliphatic rings. The number of ether oxygens (including phenoxy) is 2. The number of amides is 2. The number of carbonyl (C=O) groups is 2. The molecule has 8 nitrogen and oxygen atoms in total. The summed E-state index contributed by atoms with van der Waals surface area (Å²) in [6, 6.07) is 14.0. The third kappa shape index (κ3) is 10.5. The van der Waals surface area contributed by atoms with E-state index in [9.17, 15) is 9.59 Å². The van der Waals surface area contributed by atoms with E-state index in [1.165, 1.54) is 0 Å². The summed E-state index contributed by atoms with van der Waals surface area (Å²) in [5, 5.41) is 5.12. The molecule has 0 aromatic heterocycles. The summed E-state index contributed by atoms with van der Waals surface area (Å²) >= 11 is 0. The number of unbranched alkanes of at least 4 members (excludes halogenated alkanes) is 2. The summed E-state index contributed by atoms with van der Waals surface area (Å²) < 4.78 is 11.6. The van der Waals surface area contributed by atoms with Crippen LogP contribution in [0.4, 0.5) is 0 Å². The van der Waals surface area contributed by atoms with Gasteiger partial charge in [-0.1, -0.05) is 42.5 Å². The van der Waals surface area contributed by atoms with Crippen LogP contribution in [0.2, 0.25) is 0 Å². The maximum Gasteiger partial charge on any atom is 0.250 e. The van der Waals surface area contributed by atoms with Gasteiger partial charge in [0.05, 0.1) is 5.57 Å². The normalized spacial score (nSPS) is 16.1. The maximum atomic E-state index is 12.9. The van der Waals surface area contributed by atoms with Crippen molar-refractivity contribution >= 4 is 22.6 Å². The van der Waals surface area contributed by atoms with Crippen LogP contribution in [0.25, 0.3) is 10.8 Å². The zero-order valence-corrected chi connectivity index (χ0v) is 22.2. The number of benzene rings is 2. The van der Waals surface area contributed by atoms with Crippen molar-refractivity contribution < 1.29 is 23.9 Å². The Morgan fingerprint density at radius 1 is 1.08 bits per heavy atom. The number of fused-ring (bicyclic) bond motifs is 1. The second-order valence-electron chi connectivity index (χ2n) is 9.59. The van der Waals surface area contributed by atoms with Crippen LogP contribution in [-0.4, -0.2) is 63.4 Å². The van der Waals surface area contributed by atoms with E-state index in [1.807, 2.05) is 62.6 Å². The number of nitrogens with zero attached hydrogens (tertiary/aromatic N) is 1. The second-order valence-corrected chi connectivity index (χ2v) is 9.59. The Morgan fingerprint density at radius 2 is 1.92 bits per heavy atom. The van der Waals surface area contributed by atoms with E-state index in [0.717, 1.165) is 55.2 Å². The van der Waals surface area contributed by atoms with Crippen molar-refractivity contribution in [2.45, 2.75) is 57.7 Å². The molecule has 1 saturated heterocycles. The van der Waals surface area contributed by atoms with Crippen LogP contribution in [0.15, 0.2) is 54.1 Å². The van der Waals surface area contributed by atoms with Crippen LogP contribution in [-0.2, 0) is 19.2 Å². The second kappa shape index (κ2) is 16.0. The number of rotatable bonds is 15. The van der Waals surface area contributed by atoms with Gasteiger partial charge in [-0.2, -0.15) is 0 Å². The molecule has 1 aliphatic heterocycles. The maximum absolute atomic E-state index is 12.9. The summed E-state index contributed by atoms with van der Waals surface area (Å²) in [6.07, 6.45) is 7.84. The minimum Gasteiger partial charge on any atom is -0.488 e. The summed E-state index contributed by atoms with van der Waals surface area (Å²) in [5.74, 6) is 0.483. The quantitative estimate of drug-likeness (QED) is 0.210. The molecule has 1 atom stereocenters. The summed E-state index contributed by atoms with van der Waals surface area (Å²) in [5.41, 5.74) is 3.09. The predicted octanol–water partition coefficient (Wildman–Crippen LogP) is 4.35. The van der Waals surface area contributed by atoms with Crippen molar-refractivity contribution in [2.24, 2.45) is 0 Å². The molecule has 8 heteroatoms. The zero-order chi connectivity index (χ0) is 26.3. The molecule has 202 valence electrons. The lowest BCUT2D eigenvalue weighted by molar-refractivity contribution is -0.200. The van der Waals surface area contributed by atoms with Gasteiger partial charge in [0.25, 0.3) is 0 Å². The van der Waals surface area contributed by atoms with Gasteiger partial charge in [0.15, 0.2) is 6.29 Å². The van der Waals surface area contributed by atoms with Gasteiger partial charge in [-0.15, -0.1) is 0 Å². The molecule has 1 heterocycles. The minimum atomic E-state index is -0.346. The molecule has 2 aromatic rings. The van der Waals surface area contributed by atoms with Crippen molar-refractivity contribution in [3.63, 3.8) is 0 Å². The van der Waals surface area contributed by atoms with Crippen LogP contribution >= 0.6 is 0 Å². The van der Waals surface area contributed by atoms with Crippen molar-refractivity contribution in [2.75, 3.05) is 40.4 Å². The van der Waals surface area contributed by atoms with Gasteiger partial charge in [0, 0.05) is 31.4 Å². The van der Waals surface area contributed by atoms with Gasteiger partial charge < -0.3 is 19.7 Å². The van der Waals surface area contributed by atoms with E-state index < -0.39 is 0 Å². The molecule has 0 bridgehead atoms. The Hall–Kier alpha value is -2.94. The SMILES string of the molecule is CN(C)CCCNC(=O)/C(=C/CCCCC(=O)NOC1CCCCO1)COc1cccc2ccccc12. The smallest absolute Gasteiger partial charge is 0.250 e. The standard InChI is InChI=1S/C29H41N3O5/c1-32(2)20-11-19-30-29(34)24(22-36-26-16-10-14-23-12-6-7-15-25(23)26)13-4-3-5-17-27(33)31-37-28-18-8-9-21-35-28/h6-7,10,12-16,28H,3-5,8-9,11,17-22H2,1-2H3,(H,30,34)(H,31,33)/b24-13+. The van der Waals surface area contributed by atoms with Gasteiger partial charge in [-0.05, 0) is 70.6 Å². The summed E-state index contributed by atoms with van der Waals surface area (Å²) in [4.78, 5) is 32.4. The number of carbonyl (C=O) groups excluding carboxylic acids is 2. The molecule has 0 aliphatic carbocycles. The van der Waals surface area contributed by atoms with Crippen molar-refractivity contribution in [3.05, 3.63) is 54.1 Å².